The van der Waals surface area contributed by atoms with Crippen LogP contribution in [0.4, 0.5) is 4.79 Å². The number of hydrogen-bond donors (Lipinski definition) is 2. The highest BCUT2D eigenvalue weighted by Gasteiger charge is 2.11. The smallest absolute Gasteiger partial charge is 0.339 e. The maximum absolute atomic E-state index is 10.5. The molecular formula is C9H10N2O2S. The maximum Gasteiger partial charge on any atom is 0.339 e. The molecule has 0 bridgehead atoms. The Morgan fingerprint density at radius 3 is 3.00 bits per heavy atom. The van der Waals surface area contributed by atoms with Gasteiger partial charge >= 0.3 is 6.03 Å². The highest BCUT2D eigenvalue weighted by atomic mass is 32.1. The summed E-state index contributed by atoms with van der Waals surface area (Å²) in [5, 5.41) is 11.4. The monoisotopic (exact) mass is 210 g/mol. The number of urea groups is 1. The molecule has 0 aliphatic rings. The minimum Gasteiger partial charge on any atom is -0.350 e. The molecule has 0 saturated carbocycles. The molecule has 1 aromatic rings. The van der Waals surface area contributed by atoms with Gasteiger partial charge in [-0.3, -0.25) is 5.21 Å². The van der Waals surface area contributed by atoms with Gasteiger partial charge in [0.1, 0.15) is 6.04 Å². The number of nitrogens with two attached hydrogens (primary N) is 1. The Balaban J connectivity index is 2.64. The van der Waals surface area contributed by atoms with Crippen molar-refractivity contribution in [1.29, 1.82) is 0 Å². The van der Waals surface area contributed by atoms with E-state index in [1.807, 2.05) is 17.5 Å². The highest BCUT2D eigenvalue weighted by molar-refractivity contribution is 7.10. The van der Waals surface area contributed by atoms with Crippen molar-refractivity contribution in [3.8, 4) is 11.8 Å². The lowest BCUT2D eigenvalue weighted by atomic mass is 10.3. The Kier molecular flexibility index (Phi) is 3.51. The Hall–Kier alpha value is -1.51. The van der Waals surface area contributed by atoms with Gasteiger partial charge in [0.2, 0.25) is 0 Å². The molecule has 4 nitrogen and oxygen atoms in total. The first-order valence-corrected chi connectivity index (χ1v) is 4.82. The topological polar surface area (TPSA) is 66.6 Å². The average molecular weight is 210 g/mol. The third-order valence-corrected chi connectivity index (χ3v) is 2.30. The van der Waals surface area contributed by atoms with Gasteiger partial charge in [0.15, 0.2) is 0 Å². The van der Waals surface area contributed by atoms with E-state index >= 15 is 0 Å². The van der Waals surface area contributed by atoms with Gasteiger partial charge in [-0.25, -0.2) is 4.79 Å². The lowest BCUT2D eigenvalue weighted by Crippen LogP contribution is -2.38. The Morgan fingerprint density at radius 1 is 1.79 bits per heavy atom. The van der Waals surface area contributed by atoms with Crippen molar-refractivity contribution in [2.45, 2.75) is 13.0 Å². The zero-order chi connectivity index (χ0) is 10.6. The molecule has 1 rings (SSSR count). The van der Waals surface area contributed by atoms with Crippen LogP contribution >= 0.6 is 11.3 Å². The molecule has 1 atom stereocenters. The fourth-order valence-corrected chi connectivity index (χ4v) is 1.36. The molecule has 0 fully saturated rings. The predicted molar refractivity (Wildman–Crippen MR) is 53.9 cm³/mol. The molecule has 14 heavy (non-hydrogen) atoms. The van der Waals surface area contributed by atoms with E-state index in [0.29, 0.717) is 5.06 Å². The van der Waals surface area contributed by atoms with Crippen LogP contribution in [0.2, 0.25) is 0 Å². The molecule has 3 N–H and O–H groups in total. The van der Waals surface area contributed by atoms with E-state index < -0.39 is 12.1 Å². The third kappa shape index (κ3) is 2.76. The van der Waals surface area contributed by atoms with Crippen molar-refractivity contribution in [1.82, 2.24) is 5.06 Å². The Morgan fingerprint density at radius 2 is 2.50 bits per heavy atom. The van der Waals surface area contributed by atoms with Crippen molar-refractivity contribution < 1.29 is 10.0 Å². The van der Waals surface area contributed by atoms with Gasteiger partial charge < -0.3 is 5.73 Å². The fourth-order valence-electron chi connectivity index (χ4n) is 0.777. The summed E-state index contributed by atoms with van der Waals surface area (Å²) in [5.41, 5.74) is 4.86. The highest BCUT2D eigenvalue weighted by Crippen LogP contribution is 2.06. The summed E-state index contributed by atoms with van der Waals surface area (Å²) in [6, 6.07) is 2.23. The summed E-state index contributed by atoms with van der Waals surface area (Å²) in [4.78, 5) is 11.4. The summed E-state index contributed by atoms with van der Waals surface area (Å²) in [6.07, 6.45) is 0. The number of hydrogen-bond acceptors (Lipinski definition) is 3. The second kappa shape index (κ2) is 4.65. The number of carbonyl (C=O) groups excluding carboxylic acids is 1. The minimum absolute atomic E-state index is 0.403. The summed E-state index contributed by atoms with van der Waals surface area (Å²) in [7, 11) is 0. The molecule has 0 saturated heterocycles. The first-order valence-electron chi connectivity index (χ1n) is 3.94. The molecule has 0 aromatic carbocycles. The average Bonchev–Trinajstić information content (AvgIpc) is 2.65. The van der Waals surface area contributed by atoms with Gasteiger partial charge in [-0.05, 0) is 18.4 Å². The normalized spacial score (nSPS) is 11.3. The van der Waals surface area contributed by atoms with Gasteiger partial charge in [-0.15, -0.1) is 11.3 Å². The number of rotatable bonds is 1. The van der Waals surface area contributed by atoms with Gasteiger partial charge in [0.05, 0.1) is 4.88 Å². The molecule has 1 unspecified atom stereocenters. The lowest BCUT2D eigenvalue weighted by molar-refractivity contribution is -0.0536. The zero-order valence-electron chi connectivity index (χ0n) is 7.60. The van der Waals surface area contributed by atoms with Crippen LogP contribution in [0.3, 0.4) is 0 Å². The number of thiophene rings is 1. The van der Waals surface area contributed by atoms with Gasteiger partial charge in [0, 0.05) is 0 Å². The first-order chi connectivity index (χ1) is 6.61. The second-order valence-corrected chi connectivity index (χ2v) is 3.55. The first kappa shape index (κ1) is 10.6. The standard InChI is InChI=1S/C9H10N2O2S/c1-7(11(13)9(10)12)4-5-8-3-2-6-14-8/h2-3,6-7,13H,1H3,(H2,10,12). The van der Waals surface area contributed by atoms with Crippen LogP contribution in [0.15, 0.2) is 17.5 Å². The zero-order valence-corrected chi connectivity index (χ0v) is 8.41. The molecule has 0 radical (unpaired) electrons. The van der Waals surface area contributed by atoms with Crippen LogP contribution in [0.25, 0.3) is 0 Å². The van der Waals surface area contributed by atoms with Crippen molar-refractivity contribution in [3.63, 3.8) is 0 Å². The van der Waals surface area contributed by atoms with Crippen LogP contribution in [0.5, 0.6) is 0 Å². The number of carbonyl (C=O) groups is 1. The van der Waals surface area contributed by atoms with Gasteiger partial charge in [-0.2, -0.15) is 5.06 Å². The van der Waals surface area contributed by atoms with E-state index in [-0.39, 0.29) is 0 Å². The van der Waals surface area contributed by atoms with Crippen LogP contribution in [0, 0.1) is 11.8 Å². The van der Waals surface area contributed by atoms with Gasteiger partial charge in [0.25, 0.3) is 0 Å². The van der Waals surface area contributed by atoms with Crippen LogP contribution < -0.4 is 5.73 Å². The number of nitrogens with zero attached hydrogens (tertiary/aromatic N) is 1. The Bertz CT molecular complexity index is 364. The van der Waals surface area contributed by atoms with Crippen molar-refractivity contribution in [2.75, 3.05) is 0 Å². The van der Waals surface area contributed by atoms with E-state index in [4.69, 9.17) is 10.9 Å². The molecule has 5 heteroatoms. The molecule has 0 aliphatic heterocycles. The summed E-state index contributed by atoms with van der Waals surface area (Å²) < 4.78 is 0. The van der Waals surface area contributed by atoms with Crippen LogP contribution in [-0.2, 0) is 0 Å². The van der Waals surface area contributed by atoms with Crippen molar-refractivity contribution in [2.24, 2.45) is 5.73 Å². The molecule has 74 valence electrons. The van der Waals surface area contributed by atoms with E-state index in [9.17, 15) is 4.79 Å². The summed E-state index contributed by atoms with van der Waals surface area (Å²) >= 11 is 1.50. The molecule has 1 aromatic heterocycles. The maximum atomic E-state index is 10.5. The van der Waals surface area contributed by atoms with Gasteiger partial charge in [-0.1, -0.05) is 17.9 Å². The van der Waals surface area contributed by atoms with Crippen molar-refractivity contribution >= 4 is 17.4 Å². The van der Waals surface area contributed by atoms with E-state index in [1.54, 1.807) is 6.92 Å². The largest absolute Gasteiger partial charge is 0.350 e. The minimum atomic E-state index is -0.905. The van der Waals surface area contributed by atoms with Crippen LogP contribution in [0.1, 0.15) is 11.8 Å². The second-order valence-electron chi connectivity index (χ2n) is 2.61. The molecular weight excluding hydrogens is 200 g/mol. The number of amides is 2. The quantitative estimate of drug-likeness (QED) is 0.416. The van der Waals surface area contributed by atoms with Crippen LogP contribution in [-0.4, -0.2) is 22.3 Å². The number of hydroxylamine groups is 2. The third-order valence-electron chi connectivity index (χ3n) is 1.52. The molecule has 1 heterocycles. The fraction of sp³-hybridized carbons (Fsp3) is 0.222. The Labute approximate surface area is 85.9 Å². The predicted octanol–water partition coefficient (Wildman–Crippen LogP) is 1.26. The summed E-state index contributed by atoms with van der Waals surface area (Å²) in [5.74, 6) is 5.52. The van der Waals surface area contributed by atoms with E-state index in [0.717, 1.165) is 4.88 Å². The number of primary amides is 1. The molecule has 2 amide bonds. The SMILES string of the molecule is CC(C#Cc1cccs1)N(O)C(N)=O. The lowest BCUT2D eigenvalue weighted by Gasteiger charge is -2.14. The van der Waals surface area contributed by atoms with E-state index in [2.05, 4.69) is 11.8 Å². The van der Waals surface area contributed by atoms with Crippen molar-refractivity contribution in [3.05, 3.63) is 22.4 Å². The summed E-state index contributed by atoms with van der Waals surface area (Å²) in [6.45, 7) is 1.59. The molecule has 0 aliphatic carbocycles. The van der Waals surface area contributed by atoms with E-state index in [1.165, 1.54) is 11.3 Å². The molecule has 0 spiro atoms.